The topological polar surface area (TPSA) is 19.4 Å². The smallest absolute Gasteiger partial charge is 0.186 e. The van der Waals surface area contributed by atoms with Crippen LogP contribution in [0.3, 0.4) is 0 Å². The lowest BCUT2D eigenvalue weighted by molar-refractivity contribution is 0.387. The van der Waals surface area contributed by atoms with Crippen LogP contribution >= 0.6 is 22.9 Å². The average Bonchev–Trinajstić information content (AvgIpc) is 3.05. The molecule has 106 valence electrons. The fourth-order valence-corrected chi connectivity index (χ4v) is 4.80. The first-order valence-corrected chi connectivity index (χ1v) is 8.30. The number of nitrogens with zero attached hydrogens (tertiary/aromatic N) is 3. The highest BCUT2D eigenvalue weighted by Gasteiger charge is 2.39. The predicted octanol–water partition coefficient (Wildman–Crippen LogP) is 3.26. The van der Waals surface area contributed by atoms with Gasteiger partial charge in [-0.15, -0.1) is 0 Å². The Balaban J connectivity index is 1.65. The van der Waals surface area contributed by atoms with Crippen LogP contribution in [0.25, 0.3) is 10.2 Å². The van der Waals surface area contributed by atoms with Gasteiger partial charge in [-0.3, -0.25) is 0 Å². The Bertz CT molecular complexity index is 654. The van der Waals surface area contributed by atoms with Crippen molar-refractivity contribution in [2.24, 2.45) is 11.8 Å². The van der Waals surface area contributed by atoms with E-state index in [2.05, 4.69) is 29.8 Å². The van der Waals surface area contributed by atoms with E-state index in [9.17, 15) is 0 Å². The highest BCUT2D eigenvalue weighted by Crippen LogP contribution is 2.38. The fourth-order valence-electron chi connectivity index (χ4n) is 3.61. The standard InChI is InChI=1S/C15H18ClN3S/c1-9-12(16)3-4-13-14(9)17-15(20-13)19-7-10-5-18(2)6-11(10)8-19/h3-4,10-11H,5-8H2,1-2H3. The number of aromatic nitrogens is 1. The van der Waals surface area contributed by atoms with Crippen LogP contribution in [0.2, 0.25) is 5.02 Å². The number of likely N-dealkylation sites (tertiary alicyclic amines) is 1. The normalized spacial score (nSPS) is 26.6. The minimum atomic E-state index is 0.814. The molecule has 0 spiro atoms. The Labute approximate surface area is 128 Å². The maximum Gasteiger partial charge on any atom is 0.186 e. The lowest BCUT2D eigenvalue weighted by Gasteiger charge is -2.17. The molecule has 3 nitrogen and oxygen atoms in total. The Morgan fingerprint density at radius 3 is 2.60 bits per heavy atom. The van der Waals surface area contributed by atoms with Gasteiger partial charge < -0.3 is 9.80 Å². The largest absolute Gasteiger partial charge is 0.347 e. The molecule has 2 unspecified atom stereocenters. The number of hydrogen-bond acceptors (Lipinski definition) is 4. The lowest BCUT2D eigenvalue weighted by Crippen LogP contribution is -2.26. The maximum absolute atomic E-state index is 6.20. The average molecular weight is 308 g/mol. The Kier molecular flexibility index (Phi) is 2.95. The minimum absolute atomic E-state index is 0.814. The van der Waals surface area contributed by atoms with Crippen molar-refractivity contribution >= 4 is 38.3 Å². The van der Waals surface area contributed by atoms with E-state index in [1.165, 1.54) is 22.9 Å². The molecule has 0 amide bonds. The number of hydrogen-bond donors (Lipinski definition) is 0. The van der Waals surface area contributed by atoms with Gasteiger partial charge in [0.25, 0.3) is 0 Å². The van der Waals surface area contributed by atoms with Crippen LogP contribution in [0.5, 0.6) is 0 Å². The molecule has 2 saturated heterocycles. The van der Waals surface area contributed by atoms with E-state index in [1.54, 1.807) is 11.3 Å². The summed E-state index contributed by atoms with van der Waals surface area (Å²) in [7, 11) is 2.23. The van der Waals surface area contributed by atoms with E-state index >= 15 is 0 Å². The Morgan fingerprint density at radius 1 is 1.20 bits per heavy atom. The van der Waals surface area contributed by atoms with E-state index in [0.717, 1.165) is 41.0 Å². The molecule has 2 atom stereocenters. The molecule has 5 heteroatoms. The highest BCUT2D eigenvalue weighted by atomic mass is 35.5. The monoisotopic (exact) mass is 307 g/mol. The summed E-state index contributed by atoms with van der Waals surface area (Å²) in [6.45, 7) is 6.83. The summed E-state index contributed by atoms with van der Waals surface area (Å²) in [5.41, 5.74) is 2.18. The van der Waals surface area contributed by atoms with Crippen LogP contribution < -0.4 is 4.90 Å². The first-order valence-electron chi connectivity index (χ1n) is 7.11. The number of fused-ring (bicyclic) bond motifs is 2. The number of halogens is 1. The predicted molar refractivity (Wildman–Crippen MR) is 86.1 cm³/mol. The van der Waals surface area contributed by atoms with Gasteiger partial charge in [-0.1, -0.05) is 22.9 Å². The number of benzene rings is 1. The number of thiazole rings is 1. The zero-order valence-electron chi connectivity index (χ0n) is 11.8. The lowest BCUT2D eigenvalue weighted by atomic mass is 10.0. The molecule has 20 heavy (non-hydrogen) atoms. The summed E-state index contributed by atoms with van der Waals surface area (Å²) in [4.78, 5) is 9.77. The minimum Gasteiger partial charge on any atom is -0.347 e. The van der Waals surface area contributed by atoms with Crippen molar-refractivity contribution in [3.63, 3.8) is 0 Å². The molecule has 0 saturated carbocycles. The third-order valence-electron chi connectivity index (χ3n) is 4.68. The third kappa shape index (κ3) is 1.93. The van der Waals surface area contributed by atoms with Crippen LogP contribution in [-0.4, -0.2) is 43.1 Å². The summed E-state index contributed by atoms with van der Waals surface area (Å²) in [6.07, 6.45) is 0. The molecule has 1 aromatic carbocycles. The summed E-state index contributed by atoms with van der Waals surface area (Å²) in [5, 5.41) is 1.98. The molecule has 4 rings (SSSR count). The van der Waals surface area contributed by atoms with Gasteiger partial charge in [-0.05, 0) is 43.5 Å². The molecule has 2 aliphatic rings. The van der Waals surface area contributed by atoms with Gasteiger partial charge in [0.05, 0.1) is 10.2 Å². The van der Waals surface area contributed by atoms with E-state index in [0.29, 0.717) is 0 Å². The molecule has 3 heterocycles. The molecule has 1 aromatic heterocycles. The molecule has 0 bridgehead atoms. The van der Waals surface area contributed by atoms with Gasteiger partial charge in [0.2, 0.25) is 0 Å². The van der Waals surface area contributed by atoms with Crippen LogP contribution in [0.4, 0.5) is 5.13 Å². The summed E-state index contributed by atoms with van der Waals surface area (Å²) < 4.78 is 1.25. The second-order valence-corrected chi connectivity index (χ2v) is 7.58. The molecule has 2 fully saturated rings. The van der Waals surface area contributed by atoms with Crippen molar-refractivity contribution in [2.75, 3.05) is 38.1 Å². The van der Waals surface area contributed by atoms with Crippen molar-refractivity contribution in [1.82, 2.24) is 9.88 Å². The number of rotatable bonds is 1. The van der Waals surface area contributed by atoms with Crippen molar-refractivity contribution in [3.8, 4) is 0 Å². The third-order valence-corrected chi connectivity index (χ3v) is 6.17. The maximum atomic E-state index is 6.20. The van der Waals surface area contributed by atoms with E-state index in [1.807, 2.05) is 6.07 Å². The first kappa shape index (κ1) is 12.9. The first-order chi connectivity index (χ1) is 9.61. The van der Waals surface area contributed by atoms with Crippen molar-refractivity contribution < 1.29 is 0 Å². The molecular weight excluding hydrogens is 290 g/mol. The Hall–Kier alpha value is -0.840. The van der Waals surface area contributed by atoms with Gasteiger partial charge in [-0.25, -0.2) is 4.98 Å². The summed E-state index contributed by atoms with van der Waals surface area (Å²) >= 11 is 8.00. The van der Waals surface area contributed by atoms with Crippen LogP contribution in [0, 0.1) is 18.8 Å². The molecule has 0 aliphatic carbocycles. The summed E-state index contributed by atoms with van der Waals surface area (Å²) in [5.74, 6) is 1.63. The molecule has 0 radical (unpaired) electrons. The molecule has 2 aromatic rings. The quantitative estimate of drug-likeness (QED) is 0.806. The van der Waals surface area contributed by atoms with Crippen LogP contribution in [0.1, 0.15) is 5.56 Å². The van der Waals surface area contributed by atoms with Crippen molar-refractivity contribution in [2.45, 2.75) is 6.92 Å². The van der Waals surface area contributed by atoms with E-state index in [-0.39, 0.29) is 0 Å². The van der Waals surface area contributed by atoms with E-state index in [4.69, 9.17) is 16.6 Å². The number of aryl methyl sites for hydroxylation is 1. The van der Waals surface area contributed by atoms with Gasteiger partial charge in [-0.2, -0.15) is 0 Å². The van der Waals surface area contributed by atoms with Gasteiger partial charge in [0, 0.05) is 31.2 Å². The van der Waals surface area contributed by atoms with Crippen LogP contribution in [-0.2, 0) is 0 Å². The summed E-state index contributed by atoms with van der Waals surface area (Å²) in [6, 6.07) is 4.07. The second kappa shape index (κ2) is 4.58. The van der Waals surface area contributed by atoms with Crippen molar-refractivity contribution in [3.05, 3.63) is 22.7 Å². The SMILES string of the molecule is Cc1c(Cl)ccc2sc(N3CC4CN(C)CC4C3)nc12. The van der Waals surface area contributed by atoms with Crippen LogP contribution in [0.15, 0.2) is 12.1 Å². The number of anilines is 1. The van der Waals surface area contributed by atoms with Gasteiger partial charge >= 0.3 is 0 Å². The zero-order chi connectivity index (χ0) is 13.9. The zero-order valence-corrected chi connectivity index (χ0v) is 13.3. The van der Waals surface area contributed by atoms with E-state index < -0.39 is 0 Å². The molecule has 2 aliphatic heterocycles. The van der Waals surface area contributed by atoms with Gasteiger partial charge in [0.1, 0.15) is 0 Å². The highest BCUT2D eigenvalue weighted by molar-refractivity contribution is 7.22. The molecule has 0 N–H and O–H groups in total. The fraction of sp³-hybridized carbons (Fsp3) is 0.533. The van der Waals surface area contributed by atoms with Gasteiger partial charge in [0.15, 0.2) is 5.13 Å². The second-order valence-electron chi connectivity index (χ2n) is 6.16. The molecular formula is C15H18ClN3S. The Morgan fingerprint density at radius 2 is 1.90 bits per heavy atom. The van der Waals surface area contributed by atoms with Crippen molar-refractivity contribution in [1.29, 1.82) is 0 Å².